The number of amides is 1. The molecule has 0 aliphatic carbocycles. The van der Waals surface area contributed by atoms with Gasteiger partial charge in [0.25, 0.3) is 17.2 Å². The van der Waals surface area contributed by atoms with Crippen LogP contribution in [0.25, 0.3) is 0 Å². The molecule has 3 aromatic rings. The van der Waals surface area contributed by atoms with Crippen molar-refractivity contribution in [3.8, 4) is 5.75 Å². The SMILES string of the molecule is CCCCOc1ccc(Cn2cc(C(=O)N(c3ccc(C)cc3)S(=O)O)nc2C)c(Cl)c1. The molecular weight excluding hydrogens is 450 g/mol. The summed E-state index contributed by atoms with van der Waals surface area (Å²) in [6.07, 6.45) is 3.59. The van der Waals surface area contributed by atoms with Crippen LogP contribution in [0.15, 0.2) is 48.7 Å². The molecular formula is C23H26ClN3O4S. The quantitative estimate of drug-likeness (QED) is 0.341. The Labute approximate surface area is 195 Å². The Kier molecular flexibility index (Phi) is 8.06. The molecule has 2 aromatic carbocycles. The lowest BCUT2D eigenvalue weighted by Crippen LogP contribution is -2.32. The van der Waals surface area contributed by atoms with Crippen molar-refractivity contribution in [2.24, 2.45) is 0 Å². The molecule has 1 atom stereocenters. The van der Waals surface area contributed by atoms with Gasteiger partial charge in [0.1, 0.15) is 17.3 Å². The van der Waals surface area contributed by atoms with Gasteiger partial charge in [-0.2, -0.15) is 0 Å². The van der Waals surface area contributed by atoms with Crippen LogP contribution in [0, 0.1) is 13.8 Å². The first-order valence-electron chi connectivity index (χ1n) is 10.3. The number of imidazole rings is 1. The minimum absolute atomic E-state index is 0.0705. The number of halogens is 1. The summed E-state index contributed by atoms with van der Waals surface area (Å²) < 4.78 is 29.9. The lowest BCUT2D eigenvalue weighted by atomic mass is 10.2. The first-order valence-corrected chi connectivity index (χ1v) is 11.7. The van der Waals surface area contributed by atoms with Gasteiger partial charge in [-0.05, 0) is 50.1 Å². The largest absolute Gasteiger partial charge is 0.494 e. The highest BCUT2D eigenvalue weighted by Gasteiger charge is 2.25. The zero-order valence-corrected chi connectivity index (χ0v) is 19.8. The number of carbonyl (C=O) groups is 1. The molecule has 1 N–H and O–H groups in total. The number of nitrogens with zero attached hydrogens (tertiary/aromatic N) is 3. The molecule has 1 unspecified atom stereocenters. The van der Waals surface area contributed by atoms with Crippen LogP contribution in [-0.2, 0) is 17.8 Å². The van der Waals surface area contributed by atoms with E-state index in [9.17, 15) is 13.6 Å². The van der Waals surface area contributed by atoms with E-state index < -0.39 is 17.2 Å². The summed E-state index contributed by atoms with van der Waals surface area (Å²) >= 11 is 3.90. The number of aromatic nitrogens is 2. The minimum atomic E-state index is -2.54. The number of ether oxygens (including phenoxy) is 1. The Morgan fingerprint density at radius 2 is 1.94 bits per heavy atom. The molecule has 7 nitrogen and oxygen atoms in total. The Morgan fingerprint density at radius 3 is 2.56 bits per heavy atom. The molecule has 0 spiro atoms. The normalized spacial score (nSPS) is 11.9. The standard InChI is InChI=1S/C23H26ClN3O4S/c1-4-5-12-31-20-11-8-18(21(24)13-20)14-26-15-22(25-17(26)3)23(28)27(32(29)30)19-9-6-16(2)7-10-19/h6-11,13,15H,4-5,12,14H2,1-3H3,(H,29,30). The highest BCUT2D eigenvalue weighted by molar-refractivity contribution is 7.81. The third kappa shape index (κ3) is 5.76. The zero-order valence-electron chi connectivity index (χ0n) is 18.2. The lowest BCUT2D eigenvalue weighted by Gasteiger charge is -2.16. The second-order valence-electron chi connectivity index (χ2n) is 7.42. The van der Waals surface area contributed by atoms with Crippen molar-refractivity contribution in [2.45, 2.75) is 40.2 Å². The molecule has 0 radical (unpaired) electrons. The van der Waals surface area contributed by atoms with Gasteiger partial charge in [-0.1, -0.05) is 48.7 Å². The number of benzene rings is 2. The van der Waals surface area contributed by atoms with Gasteiger partial charge in [0.05, 0.1) is 18.8 Å². The predicted octanol–water partition coefficient (Wildman–Crippen LogP) is 5.16. The maximum Gasteiger partial charge on any atom is 0.292 e. The number of hydrogen-bond acceptors (Lipinski definition) is 4. The summed E-state index contributed by atoms with van der Waals surface area (Å²) in [6.45, 7) is 6.80. The molecule has 9 heteroatoms. The fraction of sp³-hybridized carbons (Fsp3) is 0.304. The number of anilines is 1. The van der Waals surface area contributed by atoms with E-state index >= 15 is 0 Å². The van der Waals surface area contributed by atoms with E-state index in [-0.39, 0.29) is 5.69 Å². The third-order valence-electron chi connectivity index (χ3n) is 4.94. The van der Waals surface area contributed by atoms with Gasteiger partial charge in [-0.3, -0.25) is 9.35 Å². The van der Waals surface area contributed by atoms with E-state index in [0.29, 0.717) is 35.4 Å². The second kappa shape index (κ2) is 10.8. The molecule has 0 aliphatic heterocycles. The molecule has 3 rings (SSSR count). The number of hydrogen-bond donors (Lipinski definition) is 1. The van der Waals surface area contributed by atoms with Crippen LogP contribution in [0.1, 0.15) is 47.2 Å². The van der Waals surface area contributed by atoms with Crippen molar-refractivity contribution >= 4 is 34.5 Å². The van der Waals surface area contributed by atoms with Crippen LogP contribution in [-0.4, -0.2) is 30.8 Å². The number of carbonyl (C=O) groups excluding carboxylic acids is 1. The van der Waals surface area contributed by atoms with E-state index in [1.165, 1.54) is 0 Å². The average molecular weight is 476 g/mol. The molecule has 1 amide bonds. The first kappa shape index (κ1) is 24.0. The van der Waals surface area contributed by atoms with Crippen molar-refractivity contribution < 1.29 is 18.3 Å². The van der Waals surface area contributed by atoms with Gasteiger partial charge in [0.2, 0.25) is 0 Å². The van der Waals surface area contributed by atoms with Crippen molar-refractivity contribution in [3.05, 3.63) is 76.3 Å². The van der Waals surface area contributed by atoms with Crippen LogP contribution in [0.4, 0.5) is 5.69 Å². The molecule has 32 heavy (non-hydrogen) atoms. The van der Waals surface area contributed by atoms with E-state index in [4.69, 9.17) is 16.3 Å². The molecule has 0 saturated carbocycles. The molecule has 0 fully saturated rings. The van der Waals surface area contributed by atoms with E-state index in [1.807, 2.05) is 19.1 Å². The average Bonchev–Trinajstić information content (AvgIpc) is 3.12. The van der Waals surface area contributed by atoms with Gasteiger partial charge in [0, 0.05) is 11.2 Å². The van der Waals surface area contributed by atoms with Gasteiger partial charge >= 0.3 is 0 Å². The molecule has 170 valence electrons. The fourth-order valence-electron chi connectivity index (χ4n) is 3.10. The van der Waals surface area contributed by atoms with Crippen LogP contribution in [0.5, 0.6) is 5.75 Å². The first-order chi connectivity index (χ1) is 15.3. The number of aryl methyl sites for hydroxylation is 2. The van der Waals surface area contributed by atoms with Crippen LogP contribution in [0.2, 0.25) is 5.02 Å². The van der Waals surface area contributed by atoms with Crippen molar-refractivity contribution in [1.29, 1.82) is 0 Å². The molecule has 0 aliphatic rings. The Bertz CT molecular complexity index is 1110. The smallest absolute Gasteiger partial charge is 0.292 e. The summed E-state index contributed by atoms with van der Waals surface area (Å²) in [5, 5.41) is 0.553. The zero-order chi connectivity index (χ0) is 23.3. The fourth-order valence-corrected chi connectivity index (χ4v) is 3.87. The molecule has 0 saturated heterocycles. The summed E-state index contributed by atoms with van der Waals surface area (Å²) in [4.78, 5) is 17.3. The van der Waals surface area contributed by atoms with Crippen LogP contribution in [0.3, 0.4) is 0 Å². The molecule has 0 bridgehead atoms. The topological polar surface area (TPSA) is 84.7 Å². The van der Waals surface area contributed by atoms with Crippen molar-refractivity contribution in [3.63, 3.8) is 0 Å². The minimum Gasteiger partial charge on any atom is -0.494 e. The van der Waals surface area contributed by atoms with Crippen molar-refractivity contribution in [1.82, 2.24) is 9.55 Å². The highest BCUT2D eigenvalue weighted by atomic mass is 35.5. The van der Waals surface area contributed by atoms with Crippen LogP contribution >= 0.6 is 11.6 Å². The molecule has 1 heterocycles. The Hall–Kier alpha value is -2.68. The highest BCUT2D eigenvalue weighted by Crippen LogP contribution is 2.25. The third-order valence-corrected chi connectivity index (χ3v) is 5.98. The Balaban J connectivity index is 1.80. The summed E-state index contributed by atoms with van der Waals surface area (Å²) in [5.41, 5.74) is 2.20. The van der Waals surface area contributed by atoms with E-state index in [1.54, 1.807) is 48.0 Å². The van der Waals surface area contributed by atoms with Crippen molar-refractivity contribution in [2.75, 3.05) is 10.9 Å². The monoisotopic (exact) mass is 475 g/mol. The van der Waals surface area contributed by atoms with E-state index in [2.05, 4.69) is 11.9 Å². The van der Waals surface area contributed by atoms with E-state index in [0.717, 1.165) is 28.3 Å². The predicted molar refractivity (Wildman–Crippen MR) is 127 cm³/mol. The van der Waals surface area contributed by atoms with Gasteiger partial charge in [-0.15, -0.1) is 0 Å². The Morgan fingerprint density at radius 1 is 1.22 bits per heavy atom. The summed E-state index contributed by atoms with van der Waals surface area (Å²) in [7, 11) is 0. The summed E-state index contributed by atoms with van der Waals surface area (Å²) in [5.74, 6) is 0.632. The van der Waals surface area contributed by atoms with Gasteiger partial charge < -0.3 is 9.30 Å². The second-order valence-corrected chi connectivity index (χ2v) is 8.66. The number of rotatable bonds is 9. The maximum absolute atomic E-state index is 13.0. The number of unbranched alkanes of at least 4 members (excludes halogenated alkanes) is 1. The maximum atomic E-state index is 13.0. The van der Waals surface area contributed by atoms with Gasteiger partial charge in [0.15, 0.2) is 0 Å². The van der Waals surface area contributed by atoms with Crippen LogP contribution < -0.4 is 9.04 Å². The van der Waals surface area contributed by atoms with Gasteiger partial charge in [-0.25, -0.2) is 13.5 Å². The lowest BCUT2D eigenvalue weighted by molar-refractivity contribution is 0.100. The summed E-state index contributed by atoms with van der Waals surface area (Å²) in [6, 6.07) is 12.3. The molecule has 1 aromatic heterocycles.